The largest absolute Gasteiger partial charge is 0.508 e. The van der Waals surface area contributed by atoms with Gasteiger partial charge in [0.15, 0.2) is 0 Å². The van der Waals surface area contributed by atoms with Crippen LogP contribution in [0.15, 0.2) is 12.1 Å². The van der Waals surface area contributed by atoms with Gasteiger partial charge >= 0.3 is 0 Å². The van der Waals surface area contributed by atoms with Crippen LogP contribution in [0.3, 0.4) is 0 Å². The lowest BCUT2D eigenvalue weighted by molar-refractivity contribution is 0.364. The van der Waals surface area contributed by atoms with Crippen LogP contribution < -0.4 is 10.6 Å². The number of aromatic hydroxyl groups is 2. The first-order chi connectivity index (χ1) is 11.7. The Morgan fingerprint density at radius 1 is 0.667 bits per heavy atom. The highest BCUT2D eigenvalue weighted by atomic mass is 16.3. The van der Waals surface area contributed by atoms with E-state index in [1.165, 1.54) is 64.2 Å². The molecular formula is C20H32N2O2. The van der Waals surface area contributed by atoms with E-state index in [0.717, 1.165) is 11.1 Å². The van der Waals surface area contributed by atoms with Gasteiger partial charge in [-0.1, -0.05) is 38.5 Å². The van der Waals surface area contributed by atoms with E-state index >= 15 is 0 Å². The predicted molar refractivity (Wildman–Crippen MR) is 97.2 cm³/mol. The van der Waals surface area contributed by atoms with Crippen LogP contribution in [0.4, 0.5) is 0 Å². The molecule has 1 aromatic rings. The fraction of sp³-hybridized carbons (Fsp3) is 0.700. The van der Waals surface area contributed by atoms with Crippen molar-refractivity contribution >= 4 is 0 Å². The molecule has 0 aromatic heterocycles. The van der Waals surface area contributed by atoms with E-state index in [9.17, 15) is 10.2 Å². The summed E-state index contributed by atoms with van der Waals surface area (Å²) in [6.07, 6.45) is 12.7. The molecule has 0 saturated heterocycles. The molecule has 0 heterocycles. The lowest BCUT2D eigenvalue weighted by Crippen LogP contribution is -2.31. The van der Waals surface area contributed by atoms with Gasteiger partial charge < -0.3 is 20.8 Å². The monoisotopic (exact) mass is 332 g/mol. The van der Waals surface area contributed by atoms with E-state index in [1.54, 1.807) is 12.1 Å². The second kappa shape index (κ2) is 8.72. The molecule has 0 atom stereocenters. The maximum atomic E-state index is 10.3. The SMILES string of the molecule is Oc1cc(CNC2CCCCC2)c(O)cc1CNC1CCCCC1. The van der Waals surface area contributed by atoms with Crippen LogP contribution in [0, 0.1) is 0 Å². The molecule has 0 aliphatic heterocycles. The van der Waals surface area contributed by atoms with Gasteiger partial charge in [0.1, 0.15) is 11.5 Å². The van der Waals surface area contributed by atoms with E-state index in [4.69, 9.17) is 0 Å². The highest BCUT2D eigenvalue weighted by molar-refractivity contribution is 5.45. The average Bonchev–Trinajstić information content (AvgIpc) is 2.62. The predicted octanol–water partition coefficient (Wildman–Crippen LogP) is 3.94. The van der Waals surface area contributed by atoms with Gasteiger partial charge in [0.2, 0.25) is 0 Å². The number of phenols is 2. The molecule has 1 aromatic carbocycles. The third-order valence-corrected chi connectivity index (χ3v) is 5.65. The number of benzene rings is 1. The van der Waals surface area contributed by atoms with Crippen LogP contribution in [-0.4, -0.2) is 22.3 Å². The van der Waals surface area contributed by atoms with Gasteiger partial charge in [0.25, 0.3) is 0 Å². The third kappa shape index (κ3) is 4.87. The van der Waals surface area contributed by atoms with Gasteiger partial charge in [-0.15, -0.1) is 0 Å². The molecule has 0 spiro atoms. The van der Waals surface area contributed by atoms with Gasteiger partial charge in [-0.05, 0) is 37.8 Å². The average molecular weight is 332 g/mol. The standard InChI is InChI=1S/C20H32N2O2/c23-19-12-16(14-22-18-9-5-2-6-10-18)20(24)11-15(19)13-21-17-7-3-1-4-8-17/h11-12,17-18,21-24H,1-10,13-14H2. The van der Waals surface area contributed by atoms with Crippen LogP contribution in [0.5, 0.6) is 11.5 Å². The van der Waals surface area contributed by atoms with Crippen LogP contribution in [0.25, 0.3) is 0 Å². The maximum Gasteiger partial charge on any atom is 0.120 e. The van der Waals surface area contributed by atoms with E-state index in [1.807, 2.05) is 0 Å². The first kappa shape index (κ1) is 17.6. The van der Waals surface area contributed by atoms with Gasteiger partial charge in [-0.2, -0.15) is 0 Å². The summed E-state index contributed by atoms with van der Waals surface area (Å²) >= 11 is 0. The molecule has 2 aliphatic carbocycles. The molecular weight excluding hydrogens is 300 g/mol. The molecule has 0 amide bonds. The van der Waals surface area contributed by atoms with Crippen LogP contribution >= 0.6 is 0 Å². The quantitative estimate of drug-likeness (QED) is 0.596. The van der Waals surface area contributed by atoms with Crippen LogP contribution in [-0.2, 0) is 13.1 Å². The van der Waals surface area contributed by atoms with E-state index in [2.05, 4.69) is 10.6 Å². The number of nitrogens with one attached hydrogen (secondary N) is 2. The Morgan fingerprint density at radius 3 is 1.42 bits per heavy atom. The summed E-state index contributed by atoms with van der Waals surface area (Å²) in [5.74, 6) is 0.577. The summed E-state index contributed by atoms with van der Waals surface area (Å²) in [6, 6.07) is 4.55. The Kier molecular flexibility index (Phi) is 6.38. The van der Waals surface area contributed by atoms with Crippen molar-refractivity contribution in [2.75, 3.05) is 0 Å². The Morgan fingerprint density at radius 2 is 1.04 bits per heavy atom. The second-order valence-electron chi connectivity index (χ2n) is 7.54. The first-order valence-electron chi connectivity index (χ1n) is 9.73. The molecule has 2 saturated carbocycles. The summed E-state index contributed by atoms with van der Waals surface area (Å²) in [4.78, 5) is 0. The zero-order valence-corrected chi connectivity index (χ0v) is 14.7. The molecule has 3 rings (SSSR count). The highest BCUT2D eigenvalue weighted by Gasteiger charge is 2.16. The van der Waals surface area contributed by atoms with E-state index in [-0.39, 0.29) is 11.5 Å². The van der Waals surface area contributed by atoms with Crippen molar-refractivity contribution in [1.29, 1.82) is 0 Å². The molecule has 24 heavy (non-hydrogen) atoms. The highest BCUT2D eigenvalue weighted by Crippen LogP contribution is 2.28. The molecule has 0 unspecified atom stereocenters. The molecule has 2 fully saturated rings. The van der Waals surface area contributed by atoms with Crippen molar-refractivity contribution < 1.29 is 10.2 Å². The van der Waals surface area contributed by atoms with Crippen molar-refractivity contribution in [3.05, 3.63) is 23.3 Å². The lowest BCUT2D eigenvalue weighted by atomic mass is 9.95. The number of phenolic OH excluding ortho intramolecular Hbond substituents is 2. The molecule has 0 bridgehead atoms. The van der Waals surface area contributed by atoms with Gasteiger partial charge in [0.05, 0.1) is 0 Å². The fourth-order valence-electron chi connectivity index (χ4n) is 4.07. The summed E-state index contributed by atoms with van der Waals surface area (Å²) in [5, 5.41) is 27.7. The Bertz CT molecular complexity index is 473. The minimum atomic E-state index is 0.288. The van der Waals surface area contributed by atoms with E-state index < -0.39 is 0 Å². The topological polar surface area (TPSA) is 64.5 Å². The zero-order chi connectivity index (χ0) is 16.8. The molecule has 4 nitrogen and oxygen atoms in total. The summed E-state index contributed by atoms with van der Waals surface area (Å²) < 4.78 is 0. The molecule has 134 valence electrons. The van der Waals surface area contributed by atoms with Crippen molar-refractivity contribution in [2.24, 2.45) is 0 Å². The maximum absolute atomic E-state index is 10.3. The molecule has 2 aliphatic rings. The van der Waals surface area contributed by atoms with Crippen molar-refractivity contribution in [3.63, 3.8) is 0 Å². The zero-order valence-electron chi connectivity index (χ0n) is 14.7. The van der Waals surface area contributed by atoms with Crippen LogP contribution in [0.2, 0.25) is 0 Å². The summed E-state index contributed by atoms with van der Waals surface area (Å²) in [5.41, 5.74) is 1.58. The minimum absolute atomic E-state index is 0.288. The van der Waals surface area contributed by atoms with Gasteiger partial charge in [-0.3, -0.25) is 0 Å². The van der Waals surface area contributed by atoms with E-state index in [0.29, 0.717) is 25.2 Å². The van der Waals surface area contributed by atoms with Crippen molar-refractivity contribution in [2.45, 2.75) is 89.4 Å². The minimum Gasteiger partial charge on any atom is -0.508 e. The molecule has 4 N–H and O–H groups in total. The number of rotatable bonds is 6. The Hall–Kier alpha value is -1.26. The van der Waals surface area contributed by atoms with Crippen molar-refractivity contribution in [3.8, 4) is 11.5 Å². The smallest absolute Gasteiger partial charge is 0.120 e. The first-order valence-corrected chi connectivity index (χ1v) is 9.73. The van der Waals surface area contributed by atoms with Gasteiger partial charge in [-0.25, -0.2) is 0 Å². The van der Waals surface area contributed by atoms with Gasteiger partial charge in [0, 0.05) is 36.3 Å². The Labute approximate surface area is 145 Å². The number of hydrogen-bond acceptors (Lipinski definition) is 4. The third-order valence-electron chi connectivity index (χ3n) is 5.65. The lowest BCUT2D eigenvalue weighted by Gasteiger charge is -2.24. The second-order valence-corrected chi connectivity index (χ2v) is 7.54. The summed E-state index contributed by atoms with van der Waals surface area (Å²) in [6.45, 7) is 1.25. The normalized spacial score (nSPS) is 20.3. The molecule has 0 radical (unpaired) electrons. The number of hydrogen-bond donors (Lipinski definition) is 4. The Balaban J connectivity index is 1.54. The van der Waals surface area contributed by atoms with Crippen molar-refractivity contribution in [1.82, 2.24) is 10.6 Å². The van der Waals surface area contributed by atoms with Crippen LogP contribution in [0.1, 0.15) is 75.3 Å². The summed E-state index contributed by atoms with van der Waals surface area (Å²) in [7, 11) is 0. The molecule has 4 heteroatoms. The fourth-order valence-corrected chi connectivity index (χ4v) is 4.07.